The van der Waals surface area contributed by atoms with Gasteiger partial charge in [0.15, 0.2) is 5.78 Å². The molecule has 1 heterocycles. The van der Waals surface area contributed by atoms with Gasteiger partial charge in [-0.15, -0.1) is 11.3 Å². The molecule has 1 aliphatic rings. The van der Waals surface area contributed by atoms with Crippen molar-refractivity contribution in [2.45, 2.75) is 32.1 Å². The summed E-state index contributed by atoms with van der Waals surface area (Å²) in [4.78, 5) is 25.5. The molecular formula is C17H17NO2S. The number of aryl methyl sites for hydroxylation is 1. The number of fused-ring (bicyclic) bond motifs is 1. The smallest absolute Gasteiger partial charge is 0.231 e. The van der Waals surface area contributed by atoms with Gasteiger partial charge in [0.2, 0.25) is 5.91 Å². The van der Waals surface area contributed by atoms with Gasteiger partial charge in [-0.25, -0.2) is 0 Å². The molecule has 0 radical (unpaired) electrons. The van der Waals surface area contributed by atoms with Gasteiger partial charge in [0.1, 0.15) is 0 Å². The summed E-state index contributed by atoms with van der Waals surface area (Å²) in [5.41, 5.74) is 2.33. The van der Waals surface area contributed by atoms with Crippen molar-refractivity contribution in [3.8, 4) is 0 Å². The number of hydrogen-bond acceptors (Lipinski definition) is 3. The third-order valence-corrected chi connectivity index (χ3v) is 4.93. The highest BCUT2D eigenvalue weighted by Crippen LogP contribution is 2.35. The third-order valence-electron chi connectivity index (χ3n) is 3.93. The Labute approximate surface area is 128 Å². The minimum atomic E-state index is -0.0972. The van der Waals surface area contributed by atoms with E-state index in [0.29, 0.717) is 11.3 Å². The number of anilines is 1. The maximum absolute atomic E-state index is 12.6. The highest BCUT2D eigenvalue weighted by Gasteiger charge is 2.27. The molecule has 1 aliphatic carbocycles. The van der Waals surface area contributed by atoms with Crippen LogP contribution in [0, 0.1) is 0 Å². The number of carbonyl (C=O) groups excluding carboxylic acids is 2. The second-order valence-corrected chi connectivity index (χ2v) is 6.34. The number of amides is 1. The molecule has 3 rings (SSSR count). The van der Waals surface area contributed by atoms with Crippen molar-refractivity contribution < 1.29 is 9.59 Å². The van der Waals surface area contributed by atoms with E-state index in [2.05, 4.69) is 16.8 Å². The summed E-state index contributed by atoms with van der Waals surface area (Å²) in [7, 11) is 0. The van der Waals surface area contributed by atoms with Gasteiger partial charge in [-0.3, -0.25) is 9.59 Å². The zero-order valence-electron chi connectivity index (χ0n) is 11.9. The van der Waals surface area contributed by atoms with Gasteiger partial charge < -0.3 is 5.32 Å². The Morgan fingerprint density at radius 1 is 1.24 bits per heavy atom. The molecule has 4 heteroatoms. The summed E-state index contributed by atoms with van der Waals surface area (Å²) >= 11 is 1.73. The third kappa shape index (κ3) is 2.76. The van der Waals surface area contributed by atoms with Crippen LogP contribution in [0.25, 0.3) is 0 Å². The predicted molar refractivity (Wildman–Crippen MR) is 85.1 cm³/mol. The summed E-state index contributed by atoms with van der Waals surface area (Å²) in [6, 6.07) is 9.23. The molecule has 0 bridgehead atoms. The molecule has 0 spiro atoms. The SMILES string of the molecule is CC(=O)c1ccccc1NC(=O)C1CCCc2sccc21. The van der Waals surface area contributed by atoms with Crippen LogP contribution in [0.1, 0.15) is 46.5 Å². The zero-order chi connectivity index (χ0) is 14.8. The molecule has 108 valence electrons. The van der Waals surface area contributed by atoms with Crippen LogP contribution >= 0.6 is 11.3 Å². The lowest BCUT2D eigenvalue weighted by atomic mass is 9.87. The second-order valence-electron chi connectivity index (χ2n) is 5.33. The monoisotopic (exact) mass is 299 g/mol. The first-order chi connectivity index (χ1) is 10.2. The van der Waals surface area contributed by atoms with Crippen LogP contribution in [0.15, 0.2) is 35.7 Å². The van der Waals surface area contributed by atoms with Crippen molar-refractivity contribution in [2.24, 2.45) is 0 Å². The van der Waals surface area contributed by atoms with Crippen LogP contribution in [0.5, 0.6) is 0 Å². The predicted octanol–water partition coefficient (Wildman–Crippen LogP) is 4.01. The molecule has 0 aliphatic heterocycles. The fourth-order valence-corrected chi connectivity index (χ4v) is 3.87. The second kappa shape index (κ2) is 5.82. The Balaban J connectivity index is 1.84. The van der Waals surface area contributed by atoms with Gasteiger partial charge >= 0.3 is 0 Å². The number of carbonyl (C=O) groups is 2. The fourth-order valence-electron chi connectivity index (χ4n) is 2.88. The lowest BCUT2D eigenvalue weighted by molar-refractivity contribution is -0.117. The molecule has 3 nitrogen and oxygen atoms in total. The first kappa shape index (κ1) is 14.0. The van der Waals surface area contributed by atoms with Gasteiger partial charge in [-0.1, -0.05) is 12.1 Å². The largest absolute Gasteiger partial charge is 0.325 e. The molecule has 21 heavy (non-hydrogen) atoms. The summed E-state index contributed by atoms with van der Waals surface area (Å²) < 4.78 is 0. The van der Waals surface area contributed by atoms with E-state index in [4.69, 9.17) is 0 Å². The number of rotatable bonds is 3. The minimum absolute atomic E-state index is 0.0111. The topological polar surface area (TPSA) is 46.2 Å². The van der Waals surface area contributed by atoms with Crippen molar-refractivity contribution in [2.75, 3.05) is 5.32 Å². The van der Waals surface area contributed by atoms with Gasteiger partial charge in [-0.2, -0.15) is 0 Å². The van der Waals surface area contributed by atoms with E-state index in [9.17, 15) is 9.59 Å². The van der Waals surface area contributed by atoms with E-state index in [0.717, 1.165) is 24.8 Å². The van der Waals surface area contributed by atoms with Crippen molar-refractivity contribution in [1.29, 1.82) is 0 Å². The van der Waals surface area contributed by atoms with Crippen LogP contribution in [0.4, 0.5) is 5.69 Å². The first-order valence-electron chi connectivity index (χ1n) is 7.14. The van der Waals surface area contributed by atoms with E-state index < -0.39 is 0 Å². The van der Waals surface area contributed by atoms with Gasteiger partial charge in [0.25, 0.3) is 0 Å². The number of nitrogens with one attached hydrogen (secondary N) is 1. The normalized spacial score (nSPS) is 17.1. The maximum atomic E-state index is 12.6. The first-order valence-corrected chi connectivity index (χ1v) is 8.02. The molecule has 1 aromatic heterocycles. The molecule has 0 saturated heterocycles. The van der Waals surface area contributed by atoms with E-state index >= 15 is 0 Å². The molecular weight excluding hydrogens is 282 g/mol. The number of thiophene rings is 1. The molecule has 1 atom stereocenters. The summed E-state index contributed by atoms with van der Waals surface area (Å²) in [6.07, 6.45) is 2.98. The average molecular weight is 299 g/mol. The Bertz CT molecular complexity index is 690. The van der Waals surface area contributed by atoms with Gasteiger partial charge in [0, 0.05) is 10.4 Å². The molecule has 0 fully saturated rings. The number of benzene rings is 1. The Morgan fingerprint density at radius 3 is 2.86 bits per heavy atom. The van der Waals surface area contributed by atoms with Gasteiger partial charge in [0.05, 0.1) is 11.6 Å². The van der Waals surface area contributed by atoms with Crippen LogP contribution in [0.2, 0.25) is 0 Å². The lowest BCUT2D eigenvalue weighted by Crippen LogP contribution is -2.24. The van der Waals surface area contributed by atoms with E-state index in [1.165, 1.54) is 11.8 Å². The summed E-state index contributed by atoms with van der Waals surface area (Å²) in [6.45, 7) is 1.52. The highest BCUT2D eigenvalue weighted by molar-refractivity contribution is 7.10. The Morgan fingerprint density at radius 2 is 2.05 bits per heavy atom. The van der Waals surface area contributed by atoms with Crippen LogP contribution in [0.3, 0.4) is 0 Å². The van der Waals surface area contributed by atoms with Crippen molar-refractivity contribution in [1.82, 2.24) is 0 Å². The van der Waals surface area contributed by atoms with Crippen LogP contribution < -0.4 is 5.32 Å². The lowest BCUT2D eigenvalue weighted by Gasteiger charge is -2.22. The van der Waals surface area contributed by atoms with Crippen molar-refractivity contribution >= 4 is 28.7 Å². The van der Waals surface area contributed by atoms with Crippen LogP contribution in [-0.4, -0.2) is 11.7 Å². The minimum Gasteiger partial charge on any atom is -0.325 e. The molecule has 2 aromatic rings. The average Bonchev–Trinajstić information content (AvgIpc) is 2.95. The number of Topliss-reactive ketones (excluding diaryl/α,β-unsaturated/α-hetero) is 1. The van der Waals surface area contributed by atoms with Crippen molar-refractivity contribution in [3.05, 3.63) is 51.7 Å². The highest BCUT2D eigenvalue weighted by atomic mass is 32.1. The number of ketones is 1. The molecule has 1 unspecified atom stereocenters. The van der Waals surface area contributed by atoms with E-state index in [1.54, 1.807) is 23.5 Å². The summed E-state index contributed by atoms with van der Waals surface area (Å²) in [5, 5.41) is 4.99. The molecule has 0 saturated carbocycles. The fraction of sp³-hybridized carbons (Fsp3) is 0.294. The maximum Gasteiger partial charge on any atom is 0.231 e. The number of hydrogen-bond donors (Lipinski definition) is 1. The van der Waals surface area contributed by atoms with Crippen LogP contribution in [-0.2, 0) is 11.2 Å². The summed E-state index contributed by atoms with van der Waals surface area (Å²) in [5.74, 6) is -0.145. The standard InChI is InChI=1S/C17H17NO2S/c1-11(19)12-5-2-3-7-15(12)18-17(20)14-6-4-8-16-13(14)9-10-21-16/h2-3,5,7,9-10,14H,4,6,8H2,1H3,(H,18,20). The van der Waals surface area contributed by atoms with E-state index in [-0.39, 0.29) is 17.6 Å². The number of para-hydroxylation sites is 1. The molecule has 1 amide bonds. The Kier molecular flexibility index (Phi) is 3.88. The quantitative estimate of drug-likeness (QED) is 0.870. The van der Waals surface area contributed by atoms with Crippen molar-refractivity contribution in [3.63, 3.8) is 0 Å². The molecule has 1 aromatic carbocycles. The Hall–Kier alpha value is -1.94. The zero-order valence-corrected chi connectivity index (χ0v) is 12.7. The van der Waals surface area contributed by atoms with Gasteiger partial charge in [-0.05, 0) is 55.3 Å². The molecule has 1 N–H and O–H groups in total. The van der Waals surface area contributed by atoms with E-state index in [1.807, 2.05) is 12.1 Å².